The third kappa shape index (κ3) is 5.22. The highest BCUT2D eigenvalue weighted by atomic mass is 32.1. The number of thiophene rings is 1. The smallest absolute Gasteiger partial charge is 0.00790 e. The number of nitrogens with two attached hydrogens (primary N) is 1. The van der Waals surface area contributed by atoms with Gasteiger partial charge in [0.25, 0.3) is 0 Å². The molecule has 0 saturated heterocycles. The summed E-state index contributed by atoms with van der Waals surface area (Å²) in [6, 6.07) is 4.98. The topological polar surface area (TPSA) is 26.0 Å². The van der Waals surface area contributed by atoms with E-state index in [2.05, 4.69) is 39.8 Å². The van der Waals surface area contributed by atoms with E-state index in [0.29, 0.717) is 12.0 Å². The third-order valence-electron chi connectivity index (χ3n) is 3.16. The fourth-order valence-electron chi connectivity index (χ4n) is 2.14. The van der Waals surface area contributed by atoms with Crippen LogP contribution in [0.25, 0.3) is 0 Å². The normalized spacial score (nSPS) is 15.2. The molecule has 2 unspecified atom stereocenters. The zero-order chi connectivity index (χ0) is 12.8. The molecule has 0 fully saturated rings. The van der Waals surface area contributed by atoms with E-state index in [1.165, 1.54) is 24.1 Å². The van der Waals surface area contributed by atoms with E-state index in [9.17, 15) is 0 Å². The van der Waals surface area contributed by atoms with E-state index < -0.39 is 0 Å². The van der Waals surface area contributed by atoms with Gasteiger partial charge in [0.05, 0.1) is 0 Å². The Morgan fingerprint density at radius 1 is 1.18 bits per heavy atom. The maximum absolute atomic E-state index is 5.85. The largest absolute Gasteiger partial charge is 0.328 e. The third-order valence-corrected chi connectivity index (χ3v) is 4.43. The Kier molecular flexibility index (Phi) is 6.21. The fraction of sp³-hybridized carbons (Fsp3) is 0.733. The van der Waals surface area contributed by atoms with Crippen LogP contribution in [0.2, 0.25) is 0 Å². The molecule has 1 heterocycles. The van der Waals surface area contributed by atoms with Gasteiger partial charge in [0, 0.05) is 15.8 Å². The van der Waals surface area contributed by atoms with Gasteiger partial charge in [-0.05, 0) is 56.6 Å². The summed E-state index contributed by atoms with van der Waals surface area (Å²) in [7, 11) is 0. The Hall–Kier alpha value is -0.340. The van der Waals surface area contributed by atoms with Crippen LogP contribution in [0.1, 0.15) is 62.6 Å². The molecule has 0 radical (unpaired) electrons. The second-order valence-electron chi connectivity index (χ2n) is 5.56. The van der Waals surface area contributed by atoms with Gasteiger partial charge in [-0.2, -0.15) is 0 Å². The zero-order valence-corrected chi connectivity index (χ0v) is 12.5. The summed E-state index contributed by atoms with van der Waals surface area (Å²) in [5, 5.41) is 0. The first-order chi connectivity index (χ1) is 8.02. The summed E-state index contributed by atoms with van der Waals surface area (Å²) < 4.78 is 0. The molecular weight excluding hydrogens is 226 g/mol. The standard InChI is InChI=1S/C15H27NS/c1-5-13(7-6-12(4)16)15-9-8-14(17-15)10-11(2)3/h8-9,11-13H,5-7,10,16H2,1-4H3. The van der Waals surface area contributed by atoms with Crippen molar-refractivity contribution in [3.8, 4) is 0 Å². The number of hydrogen-bond donors (Lipinski definition) is 1. The van der Waals surface area contributed by atoms with Gasteiger partial charge in [-0.25, -0.2) is 0 Å². The summed E-state index contributed by atoms with van der Waals surface area (Å²) in [6.07, 6.45) is 4.81. The first-order valence-corrected chi connectivity index (χ1v) is 7.68. The van der Waals surface area contributed by atoms with Crippen LogP contribution in [0.5, 0.6) is 0 Å². The van der Waals surface area contributed by atoms with Crippen molar-refractivity contribution in [1.82, 2.24) is 0 Å². The van der Waals surface area contributed by atoms with Crippen LogP contribution in [0.3, 0.4) is 0 Å². The van der Waals surface area contributed by atoms with Crippen molar-refractivity contribution in [2.75, 3.05) is 0 Å². The van der Waals surface area contributed by atoms with Crippen LogP contribution in [-0.2, 0) is 6.42 Å². The van der Waals surface area contributed by atoms with Gasteiger partial charge in [-0.1, -0.05) is 20.8 Å². The van der Waals surface area contributed by atoms with E-state index in [1.807, 2.05) is 11.3 Å². The minimum atomic E-state index is 0.333. The van der Waals surface area contributed by atoms with E-state index >= 15 is 0 Å². The van der Waals surface area contributed by atoms with Crippen LogP contribution in [0, 0.1) is 5.92 Å². The predicted octanol–water partition coefficient (Wildman–Crippen LogP) is 4.57. The van der Waals surface area contributed by atoms with Crippen LogP contribution in [0.15, 0.2) is 12.1 Å². The molecular formula is C15H27NS. The molecule has 2 atom stereocenters. The van der Waals surface area contributed by atoms with Crippen molar-refractivity contribution in [3.05, 3.63) is 21.9 Å². The van der Waals surface area contributed by atoms with Gasteiger partial charge in [-0.3, -0.25) is 0 Å². The molecule has 1 nitrogen and oxygen atoms in total. The van der Waals surface area contributed by atoms with Crippen LogP contribution >= 0.6 is 11.3 Å². The quantitative estimate of drug-likeness (QED) is 0.757. The highest BCUT2D eigenvalue weighted by Gasteiger charge is 2.13. The summed E-state index contributed by atoms with van der Waals surface area (Å²) in [4.78, 5) is 3.10. The second-order valence-corrected chi connectivity index (χ2v) is 6.76. The van der Waals surface area contributed by atoms with Gasteiger partial charge in [0.1, 0.15) is 0 Å². The zero-order valence-electron chi connectivity index (χ0n) is 11.7. The van der Waals surface area contributed by atoms with Crippen molar-refractivity contribution < 1.29 is 0 Å². The molecule has 0 amide bonds. The lowest BCUT2D eigenvalue weighted by molar-refractivity contribution is 0.538. The second kappa shape index (κ2) is 7.17. The molecule has 0 aliphatic heterocycles. The number of hydrogen-bond acceptors (Lipinski definition) is 2. The van der Waals surface area contributed by atoms with Crippen LogP contribution in [-0.4, -0.2) is 6.04 Å². The molecule has 0 bridgehead atoms. The highest BCUT2D eigenvalue weighted by Crippen LogP contribution is 2.32. The van der Waals surface area contributed by atoms with Crippen molar-refractivity contribution in [3.63, 3.8) is 0 Å². The van der Waals surface area contributed by atoms with Crippen molar-refractivity contribution in [2.45, 2.75) is 65.3 Å². The summed E-state index contributed by atoms with van der Waals surface area (Å²) in [5.41, 5.74) is 5.85. The van der Waals surface area contributed by atoms with E-state index in [0.717, 1.165) is 12.3 Å². The Morgan fingerprint density at radius 3 is 2.41 bits per heavy atom. The fourth-order valence-corrected chi connectivity index (χ4v) is 3.58. The van der Waals surface area contributed by atoms with Gasteiger partial charge >= 0.3 is 0 Å². The predicted molar refractivity (Wildman–Crippen MR) is 78.8 cm³/mol. The molecule has 17 heavy (non-hydrogen) atoms. The van der Waals surface area contributed by atoms with Gasteiger partial charge in [-0.15, -0.1) is 11.3 Å². The van der Waals surface area contributed by atoms with E-state index in [1.54, 1.807) is 4.88 Å². The summed E-state index contributed by atoms with van der Waals surface area (Å²) in [5.74, 6) is 1.47. The minimum absolute atomic E-state index is 0.333. The monoisotopic (exact) mass is 253 g/mol. The maximum Gasteiger partial charge on any atom is 0.00790 e. The Labute approximate surface area is 110 Å². The molecule has 1 aromatic heterocycles. The molecule has 0 aliphatic carbocycles. The lowest BCUT2D eigenvalue weighted by atomic mass is 9.96. The average molecular weight is 253 g/mol. The minimum Gasteiger partial charge on any atom is -0.328 e. The maximum atomic E-state index is 5.85. The molecule has 0 aromatic carbocycles. The van der Waals surface area contributed by atoms with E-state index in [4.69, 9.17) is 5.73 Å². The highest BCUT2D eigenvalue weighted by molar-refractivity contribution is 7.12. The molecule has 2 heteroatoms. The van der Waals surface area contributed by atoms with Gasteiger partial charge in [0.2, 0.25) is 0 Å². The molecule has 0 spiro atoms. The SMILES string of the molecule is CCC(CCC(C)N)c1ccc(CC(C)C)s1. The Balaban J connectivity index is 2.59. The van der Waals surface area contributed by atoms with E-state index in [-0.39, 0.29) is 0 Å². The molecule has 98 valence electrons. The van der Waals surface area contributed by atoms with Gasteiger partial charge in [0.15, 0.2) is 0 Å². The van der Waals surface area contributed by atoms with Crippen molar-refractivity contribution >= 4 is 11.3 Å². The summed E-state index contributed by atoms with van der Waals surface area (Å²) in [6.45, 7) is 8.96. The molecule has 2 N–H and O–H groups in total. The molecule has 0 saturated carbocycles. The lowest BCUT2D eigenvalue weighted by Crippen LogP contribution is -2.15. The molecule has 1 aromatic rings. The summed E-state index contributed by atoms with van der Waals surface area (Å²) >= 11 is 2.00. The average Bonchev–Trinajstić information content (AvgIpc) is 2.66. The first kappa shape index (κ1) is 14.7. The molecule has 0 aliphatic rings. The van der Waals surface area contributed by atoms with Crippen LogP contribution in [0.4, 0.5) is 0 Å². The Bertz CT molecular complexity index is 314. The number of rotatable bonds is 7. The van der Waals surface area contributed by atoms with Crippen molar-refractivity contribution in [2.24, 2.45) is 11.7 Å². The van der Waals surface area contributed by atoms with Gasteiger partial charge < -0.3 is 5.73 Å². The lowest BCUT2D eigenvalue weighted by Gasteiger charge is -2.14. The first-order valence-electron chi connectivity index (χ1n) is 6.87. The van der Waals surface area contributed by atoms with Crippen molar-refractivity contribution in [1.29, 1.82) is 0 Å². The molecule has 1 rings (SSSR count). The van der Waals surface area contributed by atoms with Crippen LogP contribution < -0.4 is 5.73 Å². The Morgan fingerprint density at radius 2 is 1.88 bits per heavy atom.